The third kappa shape index (κ3) is 3.29. The summed E-state index contributed by atoms with van der Waals surface area (Å²) in [5.74, 6) is 0. The van der Waals surface area contributed by atoms with E-state index in [0.29, 0.717) is 36.2 Å². The van der Waals surface area contributed by atoms with Crippen LogP contribution in [0.4, 0.5) is 0 Å². The van der Waals surface area contributed by atoms with Crippen LogP contribution in [-0.4, -0.2) is 41.9 Å². The quantitative estimate of drug-likeness (QED) is 0.853. The molecule has 2 aromatic rings. The smallest absolute Gasteiger partial charge is 0.316 e. The summed E-state index contributed by atoms with van der Waals surface area (Å²) in [5, 5.41) is 0. The highest BCUT2D eigenvalue weighted by Gasteiger charge is 2.31. The van der Waals surface area contributed by atoms with Crippen LogP contribution in [-0.2, 0) is 10.0 Å². The predicted molar refractivity (Wildman–Crippen MR) is 83.5 cm³/mol. The van der Waals surface area contributed by atoms with Crippen LogP contribution in [0.15, 0.2) is 34.8 Å². The summed E-state index contributed by atoms with van der Waals surface area (Å²) in [6.07, 6.45) is 4.49. The number of aryl methyl sites for hydroxylation is 1. The van der Waals surface area contributed by atoms with Gasteiger partial charge >= 0.3 is 6.01 Å². The van der Waals surface area contributed by atoms with Gasteiger partial charge in [0, 0.05) is 30.4 Å². The van der Waals surface area contributed by atoms with Gasteiger partial charge in [0.05, 0.1) is 0 Å². The molecule has 8 heteroatoms. The SMILES string of the molecule is Cc1ccc(S(=O)(=O)N2CCC(Oc3ncccn3)CC2)s1. The predicted octanol–water partition coefficient (Wildman–Crippen LogP) is 2.08. The molecule has 0 amide bonds. The standard InChI is InChI=1S/C14H17N3O3S2/c1-11-3-4-13(21-11)22(18,19)17-9-5-12(6-10-17)20-14-15-7-2-8-16-14/h2-4,7-8,12H,5-6,9-10H2,1H3. The molecule has 0 spiro atoms. The summed E-state index contributed by atoms with van der Waals surface area (Å²) in [6, 6.07) is 5.58. The van der Waals surface area contributed by atoms with Crippen molar-refractivity contribution in [3.05, 3.63) is 35.5 Å². The van der Waals surface area contributed by atoms with Gasteiger partial charge in [-0.15, -0.1) is 11.3 Å². The maximum absolute atomic E-state index is 12.5. The van der Waals surface area contributed by atoms with Gasteiger partial charge in [0.2, 0.25) is 0 Å². The minimum atomic E-state index is -3.37. The minimum Gasteiger partial charge on any atom is -0.460 e. The number of piperidine rings is 1. The molecule has 1 aliphatic rings. The zero-order chi connectivity index (χ0) is 15.6. The maximum atomic E-state index is 12.5. The molecular formula is C14H17N3O3S2. The van der Waals surface area contributed by atoms with Crippen LogP contribution < -0.4 is 4.74 Å². The van der Waals surface area contributed by atoms with Gasteiger partial charge in [0.25, 0.3) is 10.0 Å². The Morgan fingerprint density at radius 1 is 1.23 bits per heavy atom. The van der Waals surface area contributed by atoms with Crippen molar-refractivity contribution in [1.29, 1.82) is 0 Å². The van der Waals surface area contributed by atoms with E-state index in [1.54, 1.807) is 24.5 Å². The summed E-state index contributed by atoms with van der Waals surface area (Å²) in [4.78, 5) is 9.05. The average Bonchev–Trinajstić information content (AvgIpc) is 2.96. The first kappa shape index (κ1) is 15.4. The molecule has 0 bridgehead atoms. The zero-order valence-electron chi connectivity index (χ0n) is 12.2. The lowest BCUT2D eigenvalue weighted by Crippen LogP contribution is -2.41. The molecule has 0 saturated carbocycles. The number of sulfonamides is 1. The Labute approximate surface area is 133 Å². The molecule has 3 heterocycles. The Balaban J connectivity index is 1.62. The van der Waals surface area contributed by atoms with Crippen LogP contribution in [0.5, 0.6) is 6.01 Å². The molecule has 0 atom stereocenters. The van der Waals surface area contributed by atoms with E-state index in [1.165, 1.54) is 15.6 Å². The van der Waals surface area contributed by atoms with Crippen molar-refractivity contribution in [3.63, 3.8) is 0 Å². The Bertz CT molecular complexity index is 723. The summed E-state index contributed by atoms with van der Waals surface area (Å²) < 4.78 is 32.7. The summed E-state index contributed by atoms with van der Waals surface area (Å²) in [7, 11) is -3.37. The maximum Gasteiger partial charge on any atom is 0.316 e. The van der Waals surface area contributed by atoms with Gasteiger partial charge in [0.15, 0.2) is 0 Å². The molecule has 118 valence electrons. The van der Waals surface area contributed by atoms with Crippen LogP contribution in [0, 0.1) is 6.92 Å². The number of hydrogen-bond acceptors (Lipinski definition) is 6. The second-order valence-corrected chi connectivity index (χ2v) is 8.57. The molecule has 1 saturated heterocycles. The molecule has 22 heavy (non-hydrogen) atoms. The fourth-order valence-electron chi connectivity index (χ4n) is 2.36. The number of hydrogen-bond donors (Lipinski definition) is 0. The monoisotopic (exact) mass is 339 g/mol. The third-order valence-electron chi connectivity index (χ3n) is 3.52. The third-order valence-corrected chi connectivity index (χ3v) is 6.89. The van der Waals surface area contributed by atoms with Crippen molar-refractivity contribution in [3.8, 4) is 6.01 Å². The second-order valence-electron chi connectivity index (χ2n) is 5.12. The molecule has 6 nitrogen and oxygen atoms in total. The highest BCUT2D eigenvalue weighted by molar-refractivity contribution is 7.91. The van der Waals surface area contributed by atoms with Crippen LogP contribution in [0.2, 0.25) is 0 Å². The van der Waals surface area contributed by atoms with Gasteiger partial charge in [-0.1, -0.05) is 0 Å². The topological polar surface area (TPSA) is 72.4 Å². The van der Waals surface area contributed by atoms with E-state index >= 15 is 0 Å². The average molecular weight is 339 g/mol. The first-order valence-corrected chi connectivity index (χ1v) is 9.31. The van der Waals surface area contributed by atoms with Crippen molar-refractivity contribution in [2.45, 2.75) is 30.1 Å². The fraction of sp³-hybridized carbons (Fsp3) is 0.429. The van der Waals surface area contributed by atoms with E-state index in [0.717, 1.165) is 4.88 Å². The summed E-state index contributed by atoms with van der Waals surface area (Å²) >= 11 is 1.31. The van der Waals surface area contributed by atoms with Crippen molar-refractivity contribution in [1.82, 2.24) is 14.3 Å². The molecule has 0 radical (unpaired) electrons. The highest BCUT2D eigenvalue weighted by atomic mass is 32.2. The molecule has 1 aliphatic heterocycles. The molecule has 2 aromatic heterocycles. The molecule has 0 aliphatic carbocycles. The van der Waals surface area contributed by atoms with E-state index in [-0.39, 0.29) is 6.10 Å². The van der Waals surface area contributed by atoms with E-state index in [4.69, 9.17) is 4.74 Å². The van der Waals surface area contributed by atoms with Crippen LogP contribution in [0.1, 0.15) is 17.7 Å². The number of thiophene rings is 1. The van der Waals surface area contributed by atoms with Crippen LogP contribution >= 0.6 is 11.3 Å². The number of ether oxygens (including phenoxy) is 1. The first-order chi connectivity index (χ1) is 10.6. The van der Waals surface area contributed by atoms with Crippen molar-refractivity contribution < 1.29 is 13.2 Å². The molecular weight excluding hydrogens is 322 g/mol. The summed E-state index contributed by atoms with van der Waals surface area (Å²) in [5.41, 5.74) is 0. The Morgan fingerprint density at radius 3 is 2.50 bits per heavy atom. The zero-order valence-corrected chi connectivity index (χ0v) is 13.8. The lowest BCUT2D eigenvalue weighted by molar-refractivity contribution is 0.124. The van der Waals surface area contributed by atoms with Crippen molar-refractivity contribution >= 4 is 21.4 Å². The lowest BCUT2D eigenvalue weighted by Gasteiger charge is -2.30. The van der Waals surface area contributed by atoms with Gasteiger partial charge in [0.1, 0.15) is 10.3 Å². The Hall–Kier alpha value is -1.51. The lowest BCUT2D eigenvalue weighted by atomic mass is 10.1. The Kier molecular flexibility index (Phi) is 4.42. The molecule has 0 N–H and O–H groups in total. The van der Waals surface area contributed by atoms with E-state index < -0.39 is 10.0 Å². The van der Waals surface area contributed by atoms with Crippen molar-refractivity contribution in [2.75, 3.05) is 13.1 Å². The van der Waals surface area contributed by atoms with Gasteiger partial charge in [-0.3, -0.25) is 0 Å². The number of rotatable bonds is 4. The normalized spacial score (nSPS) is 17.5. The van der Waals surface area contributed by atoms with Gasteiger partial charge in [-0.05, 0) is 38.0 Å². The van der Waals surface area contributed by atoms with Gasteiger partial charge in [-0.2, -0.15) is 4.31 Å². The first-order valence-electron chi connectivity index (χ1n) is 7.06. The van der Waals surface area contributed by atoms with E-state index in [2.05, 4.69) is 9.97 Å². The molecule has 1 fully saturated rings. The van der Waals surface area contributed by atoms with Gasteiger partial charge in [-0.25, -0.2) is 18.4 Å². The van der Waals surface area contributed by atoms with Gasteiger partial charge < -0.3 is 4.74 Å². The molecule has 0 unspecified atom stereocenters. The van der Waals surface area contributed by atoms with Crippen LogP contribution in [0.3, 0.4) is 0 Å². The van der Waals surface area contributed by atoms with E-state index in [1.807, 2.05) is 13.0 Å². The van der Waals surface area contributed by atoms with E-state index in [9.17, 15) is 8.42 Å². The number of nitrogens with zero attached hydrogens (tertiary/aromatic N) is 3. The number of aromatic nitrogens is 2. The summed E-state index contributed by atoms with van der Waals surface area (Å²) in [6.45, 7) is 2.82. The Morgan fingerprint density at radius 2 is 1.91 bits per heavy atom. The molecule has 0 aromatic carbocycles. The highest BCUT2D eigenvalue weighted by Crippen LogP contribution is 2.27. The van der Waals surface area contributed by atoms with Crippen molar-refractivity contribution in [2.24, 2.45) is 0 Å². The van der Waals surface area contributed by atoms with Crippen LogP contribution in [0.25, 0.3) is 0 Å². The molecule has 3 rings (SSSR count). The minimum absolute atomic E-state index is 0.0427. The fourth-order valence-corrected chi connectivity index (χ4v) is 5.27. The largest absolute Gasteiger partial charge is 0.460 e. The second kappa shape index (κ2) is 6.31.